The van der Waals surface area contributed by atoms with Crippen LogP contribution in [0.4, 0.5) is 0 Å². The Morgan fingerprint density at radius 3 is 2.67 bits per heavy atom. The number of aliphatic hydroxyl groups is 1. The highest BCUT2D eigenvalue weighted by atomic mass is 16.3. The third-order valence-electron chi connectivity index (χ3n) is 4.98. The quantitative estimate of drug-likeness (QED) is 0.786. The molecule has 1 aliphatic carbocycles. The fourth-order valence-corrected chi connectivity index (χ4v) is 3.64. The molecule has 106 valence electrons. The largest absolute Gasteiger partial charge is 0.392 e. The van der Waals surface area contributed by atoms with Crippen molar-refractivity contribution in [3.05, 3.63) is 0 Å². The molecule has 1 aliphatic heterocycles. The minimum Gasteiger partial charge on any atom is -0.392 e. The number of hydrogen-bond acceptors (Lipinski definition) is 3. The highest BCUT2D eigenvalue weighted by Crippen LogP contribution is 2.39. The predicted molar refractivity (Wildman–Crippen MR) is 75.7 cm³/mol. The highest BCUT2D eigenvalue weighted by Gasteiger charge is 2.36. The van der Waals surface area contributed by atoms with Crippen molar-refractivity contribution in [1.29, 1.82) is 0 Å². The number of likely N-dealkylation sites (tertiary alicyclic amines) is 1. The van der Waals surface area contributed by atoms with Crippen molar-refractivity contribution in [2.45, 2.75) is 52.1 Å². The van der Waals surface area contributed by atoms with E-state index in [4.69, 9.17) is 0 Å². The lowest BCUT2D eigenvalue weighted by atomic mass is 9.84. The van der Waals surface area contributed by atoms with Crippen molar-refractivity contribution in [3.8, 4) is 0 Å². The maximum atomic E-state index is 10.0. The zero-order valence-corrected chi connectivity index (χ0v) is 12.1. The Morgan fingerprint density at radius 2 is 2.06 bits per heavy atom. The smallest absolute Gasteiger partial charge is 0.0693 e. The summed E-state index contributed by atoms with van der Waals surface area (Å²) >= 11 is 0. The second-order valence-corrected chi connectivity index (χ2v) is 6.56. The summed E-state index contributed by atoms with van der Waals surface area (Å²) in [5.41, 5.74) is 0.482. The molecule has 0 aromatic carbocycles. The highest BCUT2D eigenvalue weighted by molar-refractivity contribution is 4.91. The Kier molecular flexibility index (Phi) is 5.05. The van der Waals surface area contributed by atoms with Gasteiger partial charge in [-0.05, 0) is 43.7 Å². The van der Waals surface area contributed by atoms with Crippen molar-refractivity contribution >= 4 is 0 Å². The average molecular weight is 254 g/mol. The zero-order valence-electron chi connectivity index (χ0n) is 12.1. The van der Waals surface area contributed by atoms with Gasteiger partial charge in [0, 0.05) is 19.6 Å². The van der Waals surface area contributed by atoms with Crippen LogP contribution in [-0.2, 0) is 0 Å². The summed E-state index contributed by atoms with van der Waals surface area (Å²) in [6, 6.07) is 0. The minimum absolute atomic E-state index is 0.115. The summed E-state index contributed by atoms with van der Waals surface area (Å²) < 4.78 is 0. The summed E-state index contributed by atoms with van der Waals surface area (Å²) in [5, 5.41) is 13.6. The zero-order chi connectivity index (χ0) is 13.0. The van der Waals surface area contributed by atoms with Gasteiger partial charge in [0.15, 0.2) is 0 Å². The minimum atomic E-state index is -0.115. The van der Waals surface area contributed by atoms with Crippen LogP contribution in [-0.4, -0.2) is 48.8 Å². The molecule has 0 aromatic rings. The Bertz CT molecular complexity index is 251. The molecule has 0 aromatic heterocycles. The van der Waals surface area contributed by atoms with Gasteiger partial charge in [0.05, 0.1) is 6.10 Å². The summed E-state index contributed by atoms with van der Waals surface area (Å²) in [6.45, 7) is 9.83. The van der Waals surface area contributed by atoms with E-state index >= 15 is 0 Å². The van der Waals surface area contributed by atoms with Crippen molar-refractivity contribution in [2.24, 2.45) is 11.3 Å². The Morgan fingerprint density at radius 1 is 1.33 bits per heavy atom. The van der Waals surface area contributed by atoms with Gasteiger partial charge in [-0.25, -0.2) is 0 Å². The molecule has 1 saturated heterocycles. The van der Waals surface area contributed by atoms with Crippen LogP contribution in [0.15, 0.2) is 0 Å². The molecule has 18 heavy (non-hydrogen) atoms. The lowest BCUT2D eigenvalue weighted by Gasteiger charge is -2.40. The van der Waals surface area contributed by atoms with Crippen molar-refractivity contribution in [2.75, 3.05) is 32.7 Å². The fourth-order valence-electron chi connectivity index (χ4n) is 3.64. The number of hydrogen-bond donors (Lipinski definition) is 2. The molecule has 2 atom stereocenters. The average Bonchev–Trinajstić information content (AvgIpc) is 2.80. The molecule has 2 N–H and O–H groups in total. The van der Waals surface area contributed by atoms with E-state index in [2.05, 4.69) is 24.1 Å². The molecule has 3 heteroatoms. The van der Waals surface area contributed by atoms with E-state index < -0.39 is 0 Å². The Hall–Kier alpha value is -0.120. The lowest BCUT2D eigenvalue weighted by Crippen LogP contribution is -2.49. The lowest BCUT2D eigenvalue weighted by molar-refractivity contribution is 0.0103. The predicted octanol–water partition coefficient (Wildman–Crippen LogP) is 1.86. The maximum Gasteiger partial charge on any atom is 0.0693 e. The monoisotopic (exact) mass is 254 g/mol. The Labute approximate surface area is 112 Å². The van der Waals surface area contributed by atoms with E-state index in [0.717, 1.165) is 26.1 Å². The number of nitrogens with zero attached hydrogens (tertiary/aromatic N) is 1. The van der Waals surface area contributed by atoms with E-state index in [1.807, 2.05) is 0 Å². The number of nitrogens with one attached hydrogen (secondary N) is 1. The van der Waals surface area contributed by atoms with Crippen LogP contribution in [0.25, 0.3) is 0 Å². The third-order valence-corrected chi connectivity index (χ3v) is 4.98. The number of β-amino-alcohol motifs (C(OH)–C–C–N with tert-alkyl or cyclic N) is 1. The molecule has 3 nitrogen and oxygen atoms in total. The molecule has 0 bridgehead atoms. The molecule has 2 aliphatic rings. The second-order valence-electron chi connectivity index (χ2n) is 6.56. The molecule has 2 fully saturated rings. The first-order valence-corrected chi connectivity index (χ1v) is 7.76. The molecule has 2 unspecified atom stereocenters. The van der Waals surface area contributed by atoms with Crippen LogP contribution in [0, 0.1) is 11.3 Å². The number of piperidine rings is 1. The van der Waals surface area contributed by atoms with E-state index in [1.165, 1.54) is 38.8 Å². The molecule has 1 heterocycles. The van der Waals surface area contributed by atoms with Crippen molar-refractivity contribution in [1.82, 2.24) is 10.2 Å². The van der Waals surface area contributed by atoms with E-state index in [1.54, 1.807) is 0 Å². The van der Waals surface area contributed by atoms with E-state index in [9.17, 15) is 5.11 Å². The van der Waals surface area contributed by atoms with Crippen LogP contribution in [0.3, 0.4) is 0 Å². The standard InChI is InChI=1S/C15H30N2O/c1-3-16-11-15(7-4-5-8-15)12-17-9-6-13(2)14(18)10-17/h13-14,16,18H,3-12H2,1-2H3. The summed E-state index contributed by atoms with van der Waals surface area (Å²) in [5.74, 6) is 0.481. The number of rotatable bonds is 5. The Balaban J connectivity index is 1.88. The van der Waals surface area contributed by atoms with Crippen molar-refractivity contribution < 1.29 is 5.11 Å². The summed E-state index contributed by atoms with van der Waals surface area (Å²) in [7, 11) is 0. The van der Waals surface area contributed by atoms with Crippen LogP contribution >= 0.6 is 0 Å². The van der Waals surface area contributed by atoms with Gasteiger partial charge in [0.2, 0.25) is 0 Å². The number of aliphatic hydroxyl groups excluding tert-OH is 1. The summed E-state index contributed by atoms with van der Waals surface area (Å²) in [4.78, 5) is 2.51. The molecule has 0 amide bonds. The summed E-state index contributed by atoms with van der Waals surface area (Å²) in [6.07, 6.45) is 6.54. The first-order chi connectivity index (χ1) is 8.65. The normalized spacial score (nSPS) is 32.8. The van der Waals surface area contributed by atoms with Gasteiger partial charge in [0.1, 0.15) is 0 Å². The van der Waals surface area contributed by atoms with Gasteiger partial charge in [-0.15, -0.1) is 0 Å². The van der Waals surface area contributed by atoms with Crippen LogP contribution in [0.1, 0.15) is 46.0 Å². The fraction of sp³-hybridized carbons (Fsp3) is 1.00. The van der Waals surface area contributed by atoms with Gasteiger partial charge in [-0.2, -0.15) is 0 Å². The van der Waals surface area contributed by atoms with Gasteiger partial charge < -0.3 is 15.3 Å². The van der Waals surface area contributed by atoms with Crippen LogP contribution in [0.2, 0.25) is 0 Å². The van der Waals surface area contributed by atoms with Gasteiger partial charge in [-0.3, -0.25) is 0 Å². The molecular formula is C15H30N2O. The molecule has 0 radical (unpaired) electrons. The van der Waals surface area contributed by atoms with Crippen LogP contribution in [0.5, 0.6) is 0 Å². The van der Waals surface area contributed by atoms with Crippen LogP contribution < -0.4 is 5.32 Å². The SMILES string of the molecule is CCNCC1(CN2CCC(C)C(O)C2)CCCC1. The first-order valence-electron chi connectivity index (χ1n) is 7.76. The van der Waals surface area contributed by atoms with Crippen molar-refractivity contribution in [3.63, 3.8) is 0 Å². The molecule has 0 spiro atoms. The molecule has 2 rings (SSSR count). The van der Waals surface area contributed by atoms with E-state index in [-0.39, 0.29) is 6.10 Å². The first kappa shape index (κ1) is 14.3. The third kappa shape index (κ3) is 3.46. The van der Waals surface area contributed by atoms with Gasteiger partial charge in [-0.1, -0.05) is 26.7 Å². The molecular weight excluding hydrogens is 224 g/mol. The van der Waals surface area contributed by atoms with Gasteiger partial charge in [0.25, 0.3) is 0 Å². The van der Waals surface area contributed by atoms with E-state index in [0.29, 0.717) is 11.3 Å². The molecule has 1 saturated carbocycles. The van der Waals surface area contributed by atoms with Gasteiger partial charge >= 0.3 is 0 Å². The second kappa shape index (κ2) is 6.36. The topological polar surface area (TPSA) is 35.5 Å². The maximum absolute atomic E-state index is 10.0.